The van der Waals surface area contributed by atoms with Crippen molar-refractivity contribution in [3.63, 3.8) is 0 Å². The molecule has 21 heavy (non-hydrogen) atoms. The van der Waals surface area contributed by atoms with Crippen LogP contribution in [0, 0.1) is 5.82 Å². The van der Waals surface area contributed by atoms with Gasteiger partial charge in [0, 0.05) is 5.54 Å². The molecule has 1 aromatic carbocycles. The molecule has 0 aliphatic carbocycles. The van der Waals surface area contributed by atoms with Crippen molar-refractivity contribution < 1.29 is 22.7 Å². The van der Waals surface area contributed by atoms with E-state index in [0.29, 0.717) is 19.3 Å². The second-order valence-corrected chi connectivity index (χ2v) is 6.55. The molecule has 0 aromatic heterocycles. The SMILES string of the molecule is CCC(CC)(CC)NS(=O)(=O)c1cc(C(=O)O)ccc1F. The minimum atomic E-state index is -4.13. The molecule has 0 spiro atoms. The number of nitrogens with one attached hydrogen (secondary N) is 1. The van der Waals surface area contributed by atoms with Gasteiger partial charge in [0.25, 0.3) is 0 Å². The molecule has 0 bridgehead atoms. The molecule has 0 amide bonds. The predicted molar refractivity (Wildman–Crippen MR) is 77.3 cm³/mol. The third kappa shape index (κ3) is 3.79. The fourth-order valence-electron chi connectivity index (χ4n) is 2.15. The van der Waals surface area contributed by atoms with Crippen molar-refractivity contribution in [3.8, 4) is 0 Å². The number of hydrogen-bond acceptors (Lipinski definition) is 3. The van der Waals surface area contributed by atoms with Crippen molar-refractivity contribution in [1.82, 2.24) is 4.72 Å². The molecule has 0 radical (unpaired) electrons. The van der Waals surface area contributed by atoms with Crippen LogP contribution in [0.4, 0.5) is 4.39 Å². The van der Waals surface area contributed by atoms with Crippen LogP contribution in [0.1, 0.15) is 50.4 Å². The highest BCUT2D eigenvalue weighted by Gasteiger charge is 2.32. The normalized spacial score (nSPS) is 12.4. The molecule has 1 rings (SSSR count). The number of carboxylic acids is 1. The molecule has 2 N–H and O–H groups in total. The summed E-state index contributed by atoms with van der Waals surface area (Å²) in [5, 5.41) is 8.90. The summed E-state index contributed by atoms with van der Waals surface area (Å²) >= 11 is 0. The molecule has 0 unspecified atom stereocenters. The van der Waals surface area contributed by atoms with E-state index in [-0.39, 0.29) is 5.56 Å². The third-order valence-electron chi connectivity index (χ3n) is 3.85. The monoisotopic (exact) mass is 317 g/mol. The highest BCUT2D eigenvalue weighted by Crippen LogP contribution is 2.24. The van der Waals surface area contributed by atoms with Crippen LogP contribution in [0.3, 0.4) is 0 Å². The van der Waals surface area contributed by atoms with Crippen molar-refractivity contribution in [2.45, 2.75) is 50.5 Å². The lowest BCUT2D eigenvalue weighted by molar-refractivity contribution is 0.0696. The van der Waals surface area contributed by atoms with Gasteiger partial charge in [-0.1, -0.05) is 20.8 Å². The summed E-state index contributed by atoms with van der Waals surface area (Å²) in [4.78, 5) is 10.3. The van der Waals surface area contributed by atoms with Gasteiger partial charge in [-0.2, -0.15) is 0 Å². The van der Waals surface area contributed by atoms with Crippen LogP contribution in [0.25, 0.3) is 0 Å². The van der Waals surface area contributed by atoms with Crippen molar-refractivity contribution in [2.75, 3.05) is 0 Å². The summed E-state index contributed by atoms with van der Waals surface area (Å²) in [6.45, 7) is 5.54. The number of carbonyl (C=O) groups is 1. The molecule has 1 aromatic rings. The molecule has 7 heteroatoms. The average Bonchev–Trinajstić information content (AvgIpc) is 2.45. The Morgan fingerprint density at radius 1 is 1.24 bits per heavy atom. The van der Waals surface area contributed by atoms with Gasteiger partial charge in [-0.25, -0.2) is 22.3 Å². The Labute approximate surface area is 124 Å². The molecule has 0 heterocycles. The minimum Gasteiger partial charge on any atom is -0.478 e. The molecule has 0 fully saturated rings. The van der Waals surface area contributed by atoms with E-state index in [2.05, 4.69) is 4.72 Å². The summed E-state index contributed by atoms with van der Waals surface area (Å²) in [5.74, 6) is -2.27. The number of benzene rings is 1. The second-order valence-electron chi connectivity index (χ2n) is 4.90. The molecule has 118 valence electrons. The molecular formula is C14H20FNO4S. The average molecular weight is 317 g/mol. The van der Waals surface area contributed by atoms with Crippen LogP contribution in [0.5, 0.6) is 0 Å². The predicted octanol–water partition coefficient (Wildman–Crippen LogP) is 2.77. The van der Waals surface area contributed by atoms with E-state index in [9.17, 15) is 17.6 Å². The maximum Gasteiger partial charge on any atom is 0.335 e. The Bertz CT molecular complexity index is 616. The Morgan fingerprint density at radius 2 is 1.76 bits per heavy atom. The van der Waals surface area contributed by atoms with Crippen LogP contribution in [0.15, 0.2) is 23.1 Å². The zero-order valence-corrected chi connectivity index (χ0v) is 13.1. The summed E-state index contributed by atoms with van der Waals surface area (Å²) in [5.41, 5.74) is -0.934. The zero-order chi connectivity index (χ0) is 16.3. The fourth-order valence-corrected chi connectivity index (χ4v) is 3.87. The number of hydrogen-bond donors (Lipinski definition) is 2. The Hall–Kier alpha value is -1.47. The number of halogens is 1. The van der Waals surface area contributed by atoms with Crippen molar-refractivity contribution in [2.24, 2.45) is 0 Å². The van der Waals surface area contributed by atoms with E-state index < -0.39 is 32.2 Å². The molecule has 0 aliphatic rings. The maximum atomic E-state index is 13.8. The molecule has 0 saturated carbocycles. The first-order valence-electron chi connectivity index (χ1n) is 6.78. The van der Waals surface area contributed by atoms with E-state index in [1.807, 2.05) is 20.8 Å². The van der Waals surface area contributed by atoms with E-state index in [4.69, 9.17) is 5.11 Å². The Balaban J connectivity index is 3.31. The van der Waals surface area contributed by atoms with Gasteiger partial charge < -0.3 is 5.11 Å². The van der Waals surface area contributed by atoms with Gasteiger partial charge in [0.15, 0.2) is 0 Å². The van der Waals surface area contributed by atoms with E-state index in [1.165, 1.54) is 0 Å². The topological polar surface area (TPSA) is 83.5 Å². The van der Waals surface area contributed by atoms with E-state index >= 15 is 0 Å². The molecule has 0 saturated heterocycles. The lowest BCUT2D eigenvalue weighted by Gasteiger charge is -2.31. The third-order valence-corrected chi connectivity index (χ3v) is 5.44. The smallest absolute Gasteiger partial charge is 0.335 e. The Kier molecular flexibility index (Phi) is 5.47. The molecule has 5 nitrogen and oxygen atoms in total. The first kappa shape index (κ1) is 17.6. The standard InChI is InChI=1S/C14H20FNO4S/c1-4-14(5-2,6-3)16-21(19,20)12-9-10(13(17)18)7-8-11(12)15/h7-9,16H,4-6H2,1-3H3,(H,17,18). The maximum absolute atomic E-state index is 13.8. The molecule has 0 aliphatic heterocycles. The van der Waals surface area contributed by atoms with Crippen LogP contribution >= 0.6 is 0 Å². The van der Waals surface area contributed by atoms with Gasteiger partial charge in [0.05, 0.1) is 5.56 Å². The highest BCUT2D eigenvalue weighted by molar-refractivity contribution is 7.89. The number of carboxylic acid groups (broad SMARTS) is 1. The highest BCUT2D eigenvalue weighted by atomic mass is 32.2. The number of rotatable bonds is 7. The van der Waals surface area contributed by atoms with Gasteiger partial charge in [-0.15, -0.1) is 0 Å². The first-order valence-corrected chi connectivity index (χ1v) is 8.26. The fraction of sp³-hybridized carbons (Fsp3) is 0.500. The van der Waals surface area contributed by atoms with Gasteiger partial charge in [0.1, 0.15) is 10.7 Å². The summed E-state index contributed by atoms with van der Waals surface area (Å²) in [6.07, 6.45) is 1.67. The van der Waals surface area contributed by atoms with Crippen LogP contribution in [0.2, 0.25) is 0 Å². The Morgan fingerprint density at radius 3 is 2.19 bits per heavy atom. The summed E-state index contributed by atoms with van der Waals surface area (Å²) in [7, 11) is -4.13. The van der Waals surface area contributed by atoms with Crippen molar-refractivity contribution >= 4 is 16.0 Å². The van der Waals surface area contributed by atoms with Gasteiger partial charge in [-0.05, 0) is 37.5 Å². The largest absolute Gasteiger partial charge is 0.478 e. The number of sulfonamides is 1. The van der Waals surface area contributed by atoms with Crippen LogP contribution in [-0.4, -0.2) is 25.0 Å². The van der Waals surface area contributed by atoms with Crippen molar-refractivity contribution in [3.05, 3.63) is 29.6 Å². The van der Waals surface area contributed by atoms with E-state index in [1.54, 1.807) is 0 Å². The molecular weight excluding hydrogens is 297 g/mol. The van der Waals surface area contributed by atoms with E-state index in [0.717, 1.165) is 18.2 Å². The minimum absolute atomic E-state index is 0.271. The van der Waals surface area contributed by atoms with Gasteiger partial charge in [0.2, 0.25) is 10.0 Å². The molecule has 0 atom stereocenters. The van der Waals surface area contributed by atoms with Crippen LogP contribution < -0.4 is 4.72 Å². The zero-order valence-electron chi connectivity index (χ0n) is 12.3. The van der Waals surface area contributed by atoms with Gasteiger partial charge >= 0.3 is 5.97 Å². The lowest BCUT2D eigenvalue weighted by atomic mass is 9.91. The van der Waals surface area contributed by atoms with Crippen LogP contribution in [-0.2, 0) is 10.0 Å². The second kappa shape index (κ2) is 6.53. The summed E-state index contributed by atoms with van der Waals surface area (Å²) in [6, 6.07) is 2.72. The summed E-state index contributed by atoms with van der Waals surface area (Å²) < 4.78 is 41.1. The van der Waals surface area contributed by atoms with Crippen molar-refractivity contribution in [1.29, 1.82) is 0 Å². The first-order chi connectivity index (χ1) is 9.71. The number of aromatic carboxylic acids is 1. The van der Waals surface area contributed by atoms with Gasteiger partial charge in [-0.3, -0.25) is 0 Å². The quantitative estimate of drug-likeness (QED) is 0.810. The lowest BCUT2D eigenvalue weighted by Crippen LogP contribution is -2.47.